The standard InChI is InChI=1S/C19H18N2O2S/c1-4-8-15-16(12-21(17(15)5-2)18(22)6-3)19(23)20-13-9-7-10-14(24)11-13/h1,5-11,16,24H,3,12H2,2H3,(H,20,23)/b15-8-,17-5+. The van der Waals surface area contributed by atoms with Gasteiger partial charge in [-0.15, -0.1) is 19.1 Å². The highest BCUT2D eigenvalue weighted by atomic mass is 32.1. The quantitative estimate of drug-likeness (QED) is 0.506. The molecule has 0 radical (unpaired) electrons. The summed E-state index contributed by atoms with van der Waals surface area (Å²) in [5.41, 5.74) is 1.93. The Balaban J connectivity index is 2.32. The van der Waals surface area contributed by atoms with Gasteiger partial charge in [0.2, 0.25) is 11.8 Å². The number of carbonyl (C=O) groups excluding carboxylic acids is 2. The van der Waals surface area contributed by atoms with E-state index in [1.807, 2.05) is 6.07 Å². The molecule has 4 nitrogen and oxygen atoms in total. The first-order chi connectivity index (χ1) is 11.5. The molecule has 0 spiro atoms. The smallest absolute Gasteiger partial charge is 0.250 e. The molecule has 24 heavy (non-hydrogen) atoms. The van der Waals surface area contributed by atoms with Gasteiger partial charge in [0.05, 0.1) is 5.92 Å². The van der Waals surface area contributed by atoms with E-state index in [2.05, 4.69) is 30.4 Å². The Bertz CT molecular complexity index is 787. The maximum Gasteiger partial charge on any atom is 0.250 e. The third-order valence-corrected chi connectivity index (χ3v) is 3.99. The summed E-state index contributed by atoms with van der Waals surface area (Å²) in [4.78, 5) is 27.0. The van der Waals surface area contributed by atoms with Gasteiger partial charge >= 0.3 is 0 Å². The molecule has 1 fully saturated rings. The number of nitrogens with zero attached hydrogens (tertiary/aromatic N) is 1. The van der Waals surface area contributed by atoms with Crippen molar-refractivity contribution in [2.24, 2.45) is 5.92 Å². The van der Waals surface area contributed by atoms with Gasteiger partial charge in [-0.1, -0.05) is 24.6 Å². The molecular weight excluding hydrogens is 320 g/mol. The average molecular weight is 338 g/mol. The lowest BCUT2D eigenvalue weighted by atomic mass is 9.99. The van der Waals surface area contributed by atoms with E-state index in [1.54, 1.807) is 31.2 Å². The van der Waals surface area contributed by atoms with Gasteiger partial charge < -0.3 is 10.2 Å². The van der Waals surface area contributed by atoms with Gasteiger partial charge in [-0.3, -0.25) is 9.59 Å². The van der Waals surface area contributed by atoms with Crippen LogP contribution in [0.1, 0.15) is 6.92 Å². The first kappa shape index (κ1) is 17.6. The molecule has 0 aliphatic carbocycles. The number of carbonyl (C=O) groups is 2. The Hall–Kier alpha value is -2.71. The molecule has 0 bridgehead atoms. The van der Waals surface area contributed by atoms with Gasteiger partial charge in [0.25, 0.3) is 0 Å². The fraction of sp³-hybridized carbons (Fsp3) is 0.158. The molecule has 1 saturated heterocycles. The minimum absolute atomic E-state index is 0.227. The molecule has 122 valence electrons. The third kappa shape index (κ3) is 3.61. The number of hydrogen-bond acceptors (Lipinski definition) is 3. The van der Waals surface area contributed by atoms with E-state index in [4.69, 9.17) is 6.42 Å². The van der Waals surface area contributed by atoms with Crippen molar-refractivity contribution in [2.75, 3.05) is 11.9 Å². The van der Waals surface area contributed by atoms with E-state index in [-0.39, 0.29) is 18.4 Å². The second kappa shape index (κ2) is 7.71. The van der Waals surface area contributed by atoms with Crippen molar-refractivity contribution in [3.05, 3.63) is 60.3 Å². The van der Waals surface area contributed by atoms with Crippen molar-refractivity contribution in [3.8, 4) is 12.3 Å². The molecule has 1 unspecified atom stereocenters. The van der Waals surface area contributed by atoms with E-state index in [1.165, 1.54) is 17.1 Å². The molecule has 1 atom stereocenters. The van der Waals surface area contributed by atoms with Gasteiger partial charge in [-0.05, 0) is 42.8 Å². The second-order valence-corrected chi connectivity index (χ2v) is 5.70. The number of likely N-dealkylation sites (tertiary alicyclic amines) is 1. The van der Waals surface area contributed by atoms with Crippen molar-refractivity contribution in [3.63, 3.8) is 0 Å². The van der Waals surface area contributed by atoms with Crippen molar-refractivity contribution in [1.82, 2.24) is 4.90 Å². The van der Waals surface area contributed by atoms with E-state index in [0.29, 0.717) is 17.0 Å². The maximum atomic E-state index is 12.7. The summed E-state index contributed by atoms with van der Waals surface area (Å²) in [6.07, 6.45) is 9.92. The largest absolute Gasteiger partial charge is 0.325 e. The van der Waals surface area contributed by atoms with E-state index in [9.17, 15) is 9.59 Å². The number of anilines is 1. The van der Waals surface area contributed by atoms with E-state index < -0.39 is 5.92 Å². The Morgan fingerprint density at radius 1 is 1.50 bits per heavy atom. The van der Waals surface area contributed by atoms with E-state index >= 15 is 0 Å². The van der Waals surface area contributed by atoms with Crippen LogP contribution in [0.5, 0.6) is 0 Å². The number of allylic oxidation sites excluding steroid dienone is 3. The van der Waals surface area contributed by atoms with Gasteiger partial charge in [-0.2, -0.15) is 0 Å². The topological polar surface area (TPSA) is 49.4 Å². The summed E-state index contributed by atoms with van der Waals surface area (Å²) in [6, 6.07) is 7.15. The summed E-state index contributed by atoms with van der Waals surface area (Å²) in [5, 5.41) is 2.85. The van der Waals surface area contributed by atoms with Gasteiger partial charge in [0, 0.05) is 22.8 Å². The first-order valence-corrected chi connectivity index (χ1v) is 7.83. The number of amides is 2. The molecule has 0 aromatic heterocycles. The highest BCUT2D eigenvalue weighted by molar-refractivity contribution is 7.80. The lowest BCUT2D eigenvalue weighted by Gasteiger charge is -2.15. The van der Waals surface area contributed by atoms with Crippen LogP contribution in [0.15, 0.2) is 65.2 Å². The number of benzene rings is 1. The van der Waals surface area contributed by atoms with Crippen molar-refractivity contribution < 1.29 is 9.59 Å². The summed E-state index contributed by atoms with van der Waals surface area (Å²) in [7, 11) is 0. The normalized spacial score (nSPS) is 20.0. The van der Waals surface area contributed by atoms with Crippen LogP contribution >= 0.6 is 12.6 Å². The minimum atomic E-state index is -0.542. The Labute approximate surface area is 147 Å². The van der Waals surface area contributed by atoms with Crippen LogP contribution < -0.4 is 5.32 Å². The van der Waals surface area contributed by atoms with Crippen LogP contribution in [0.3, 0.4) is 0 Å². The molecule has 2 amide bonds. The average Bonchev–Trinajstić information content (AvgIpc) is 2.93. The molecule has 0 saturated carbocycles. The van der Waals surface area contributed by atoms with Crippen LogP contribution in [-0.4, -0.2) is 23.3 Å². The second-order valence-electron chi connectivity index (χ2n) is 5.19. The highest BCUT2D eigenvalue weighted by Crippen LogP contribution is 2.33. The number of hydrogen-bond donors (Lipinski definition) is 2. The summed E-state index contributed by atoms with van der Waals surface area (Å²) in [6.45, 7) is 5.53. The Morgan fingerprint density at radius 2 is 2.25 bits per heavy atom. The molecule has 1 heterocycles. The van der Waals surface area contributed by atoms with Crippen molar-refractivity contribution in [2.45, 2.75) is 11.8 Å². The lowest BCUT2D eigenvalue weighted by molar-refractivity contribution is -0.124. The third-order valence-electron chi connectivity index (χ3n) is 3.71. The fourth-order valence-corrected chi connectivity index (χ4v) is 2.88. The predicted molar refractivity (Wildman–Crippen MR) is 98.4 cm³/mol. The molecule has 1 N–H and O–H groups in total. The van der Waals surface area contributed by atoms with E-state index in [0.717, 1.165) is 4.90 Å². The SMILES string of the molecule is C#C/C=C1\C(=C/C)N(C(=O)C=C)CC1C(=O)Nc1cccc(S)c1. The summed E-state index contributed by atoms with van der Waals surface area (Å²) in [5.74, 6) is 1.42. The maximum absolute atomic E-state index is 12.7. The molecule has 1 aromatic carbocycles. The molecular formula is C19H18N2O2S. The summed E-state index contributed by atoms with van der Waals surface area (Å²) < 4.78 is 0. The van der Waals surface area contributed by atoms with Crippen molar-refractivity contribution in [1.29, 1.82) is 0 Å². The summed E-state index contributed by atoms with van der Waals surface area (Å²) >= 11 is 4.26. The van der Waals surface area contributed by atoms with Crippen LogP contribution in [0.4, 0.5) is 5.69 Å². The monoisotopic (exact) mass is 338 g/mol. The van der Waals surface area contributed by atoms with Crippen LogP contribution in [-0.2, 0) is 9.59 Å². The Kier molecular flexibility index (Phi) is 5.67. The lowest BCUT2D eigenvalue weighted by Crippen LogP contribution is -2.29. The molecule has 1 aliphatic heterocycles. The fourth-order valence-electron chi connectivity index (χ4n) is 2.66. The zero-order valence-electron chi connectivity index (χ0n) is 13.3. The van der Waals surface area contributed by atoms with Crippen molar-refractivity contribution >= 4 is 30.1 Å². The Morgan fingerprint density at radius 3 is 2.83 bits per heavy atom. The van der Waals surface area contributed by atoms with Gasteiger partial charge in [0.1, 0.15) is 0 Å². The van der Waals surface area contributed by atoms with Gasteiger partial charge in [0.15, 0.2) is 0 Å². The minimum Gasteiger partial charge on any atom is -0.325 e. The number of thiol groups is 1. The zero-order valence-corrected chi connectivity index (χ0v) is 14.2. The molecule has 5 heteroatoms. The van der Waals surface area contributed by atoms with Gasteiger partial charge in [-0.25, -0.2) is 0 Å². The number of nitrogens with one attached hydrogen (secondary N) is 1. The highest BCUT2D eigenvalue weighted by Gasteiger charge is 2.38. The number of terminal acetylenes is 1. The molecule has 2 rings (SSSR count). The van der Waals surface area contributed by atoms with Crippen LogP contribution in [0.2, 0.25) is 0 Å². The predicted octanol–water partition coefficient (Wildman–Crippen LogP) is 3.02. The molecule has 1 aliphatic rings. The molecule has 1 aromatic rings. The first-order valence-electron chi connectivity index (χ1n) is 7.38. The van der Waals surface area contributed by atoms with Crippen LogP contribution in [0.25, 0.3) is 0 Å². The zero-order chi connectivity index (χ0) is 17.7. The number of rotatable bonds is 3. The van der Waals surface area contributed by atoms with Crippen LogP contribution in [0, 0.1) is 18.3 Å².